The number of rotatable bonds is 1. The number of benzene rings is 1. The lowest BCUT2D eigenvalue weighted by Gasteiger charge is -2.12. The van der Waals surface area contributed by atoms with Gasteiger partial charge in [-0.15, -0.1) is 0 Å². The van der Waals surface area contributed by atoms with Gasteiger partial charge in [0.05, 0.1) is 11.0 Å². The zero-order chi connectivity index (χ0) is 12.9. The SMILES string of the molecule is CN1CCC(n2c(=S)[nH]c3ccc(F)cc32)C1=O. The van der Waals surface area contributed by atoms with Crippen LogP contribution in [-0.4, -0.2) is 34.0 Å². The van der Waals surface area contributed by atoms with Crippen molar-refractivity contribution >= 4 is 29.2 Å². The van der Waals surface area contributed by atoms with E-state index in [2.05, 4.69) is 4.98 Å². The summed E-state index contributed by atoms with van der Waals surface area (Å²) in [6.07, 6.45) is 0.701. The minimum atomic E-state index is -0.330. The highest BCUT2D eigenvalue weighted by Gasteiger charge is 2.31. The molecule has 0 aliphatic carbocycles. The fourth-order valence-electron chi connectivity index (χ4n) is 2.45. The molecule has 1 saturated heterocycles. The normalized spacial score (nSPS) is 20.0. The highest BCUT2D eigenvalue weighted by atomic mass is 32.1. The van der Waals surface area contributed by atoms with Crippen LogP contribution in [0.4, 0.5) is 4.39 Å². The average Bonchev–Trinajstić information content (AvgIpc) is 2.81. The Kier molecular flexibility index (Phi) is 2.48. The smallest absolute Gasteiger partial charge is 0.245 e. The summed E-state index contributed by atoms with van der Waals surface area (Å²) in [6.45, 7) is 0.702. The van der Waals surface area contributed by atoms with Gasteiger partial charge in [0.1, 0.15) is 11.9 Å². The second-order valence-electron chi connectivity index (χ2n) is 4.53. The van der Waals surface area contributed by atoms with Crippen molar-refractivity contribution in [3.05, 3.63) is 28.8 Å². The van der Waals surface area contributed by atoms with Crippen molar-refractivity contribution in [2.75, 3.05) is 13.6 Å². The Morgan fingerprint density at radius 1 is 1.50 bits per heavy atom. The molecule has 2 aromatic rings. The number of nitrogens with zero attached hydrogens (tertiary/aromatic N) is 2. The number of carbonyl (C=O) groups excluding carboxylic acids is 1. The molecule has 2 heterocycles. The Morgan fingerprint density at radius 2 is 2.28 bits per heavy atom. The van der Waals surface area contributed by atoms with E-state index in [1.807, 2.05) is 0 Å². The molecule has 1 aromatic carbocycles. The molecule has 18 heavy (non-hydrogen) atoms. The van der Waals surface area contributed by atoms with Crippen LogP contribution in [0.2, 0.25) is 0 Å². The highest BCUT2D eigenvalue weighted by Crippen LogP contribution is 2.27. The molecular weight excluding hydrogens is 253 g/mol. The van der Waals surface area contributed by atoms with Gasteiger partial charge in [0, 0.05) is 13.6 Å². The predicted octanol–water partition coefficient (Wildman–Crippen LogP) is 2.24. The molecule has 0 saturated carbocycles. The van der Waals surface area contributed by atoms with Crippen LogP contribution in [0.15, 0.2) is 18.2 Å². The summed E-state index contributed by atoms with van der Waals surface area (Å²) in [5, 5.41) is 0. The van der Waals surface area contributed by atoms with Gasteiger partial charge < -0.3 is 14.5 Å². The zero-order valence-corrected chi connectivity index (χ0v) is 10.6. The van der Waals surface area contributed by atoms with E-state index in [1.165, 1.54) is 12.1 Å². The molecule has 4 nitrogen and oxygen atoms in total. The van der Waals surface area contributed by atoms with E-state index in [4.69, 9.17) is 12.2 Å². The molecule has 1 fully saturated rings. The average molecular weight is 265 g/mol. The third kappa shape index (κ3) is 1.56. The quantitative estimate of drug-likeness (QED) is 0.803. The van der Waals surface area contributed by atoms with Crippen molar-refractivity contribution in [1.82, 2.24) is 14.5 Å². The number of aromatic amines is 1. The van der Waals surface area contributed by atoms with Crippen LogP contribution in [0.25, 0.3) is 11.0 Å². The minimum absolute atomic E-state index is 0.0243. The third-order valence-electron chi connectivity index (χ3n) is 3.39. The lowest BCUT2D eigenvalue weighted by Crippen LogP contribution is -2.24. The van der Waals surface area contributed by atoms with Gasteiger partial charge in [-0.2, -0.15) is 0 Å². The van der Waals surface area contributed by atoms with Crippen LogP contribution in [0.1, 0.15) is 12.5 Å². The number of likely N-dealkylation sites (tertiary alicyclic amines) is 1. The number of fused-ring (bicyclic) bond motifs is 1. The number of likely N-dealkylation sites (N-methyl/N-ethyl adjacent to an activating group) is 1. The van der Waals surface area contributed by atoms with Gasteiger partial charge in [-0.3, -0.25) is 4.79 Å². The summed E-state index contributed by atoms with van der Waals surface area (Å²) < 4.78 is 15.5. The molecule has 1 aliphatic heterocycles. The van der Waals surface area contributed by atoms with Gasteiger partial charge in [-0.25, -0.2) is 4.39 Å². The van der Waals surface area contributed by atoms with E-state index >= 15 is 0 Å². The molecule has 0 spiro atoms. The number of halogens is 1. The standard InChI is InChI=1S/C12H12FN3OS/c1-15-5-4-9(11(15)17)16-10-6-7(13)2-3-8(10)14-12(16)18/h2-3,6,9H,4-5H2,1H3,(H,14,18). The van der Waals surface area contributed by atoms with Crippen LogP contribution < -0.4 is 0 Å². The second kappa shape index (κ2) is 3.91. The van der Waals surface area contributed by atoms with Crippen LogP contribution in [0, 0.1) is 10.6 Å². The Labute approximate surface area is 108 Å². The Hall–Kier alpha value is -1.69. The fraction of sp³-hybridized carbons (Fsp3) is 0.333. The maximum absolute atomic E-state index is 13.3. The molecule has 3 rings (SSSR count). The van der Waals surface area contributed by atoms with E-state index in [-0.39, 0.29) is 17.8 Å². The zero-order valence-electron chi connectivity index (χ0n) is 9.81. The van der Waals surface area contributed by atoms with Crippen molar-refractivity contribution in [3.63, 3.8) is 0 Å². The maximum atomic E-state index is 13.3. The fourth-order valence-corrected chi connectivity index (χ4v) is 2.78. The maximum Gasteiger partial charge on any atom is 0.245 e. The molecular formula is C12H12FN3OS. The number of imidazole rings is 1. The monoisotopic (exact) mass is 265 g/mol. The first-order valence-corrected chi connectivity index (χ1v) is 6.13. The first-order chi connectivity index (χ1) is 8.58. The van der Waals surface area contributed by atoms with E-state index in [0.717, 1.165) is 5.52 Å². The molecule has 1 N–H and O–H groups in total. The minimum Gasteiger partial charge on any atom is -0.344 e. The number of carbonyl (C=O) groups is 1. The Morgan fingerprint density at radius 3 is 2.94 bits per heavy atom. The summed E-state index contributed by atoms with van der Waals surface area (Å²) in [6, 6.07) is 4.10. The predicted molar refractivity (Wildman–Crippen MR) is 68.4 cm³/mol. The van der Waals surface area contributed by atoms with E-state index < -0.39 is 0 Å². The van der Waals surface area contributed by atoms with E-state index in [1.54, 1.807) is 22.6 Å². The lowest BCUT2D eigenvalue weighted by atomic mass is 10.2. The molecule has 1 atom stereocenters. The molecule has 1 aromatic heterocycles. The number of hydrogen-bond acceptors (Lipinski definition) is 2. The molecule has 1 unspecified atom stereocenters. The van der Waals surface area contributed by atoms with Gasteiger partial charge in [-0.1, -0.05) is 0 Å². The second-order valence-corrected chi connectivity index (χ2v) is 4.91. The number of nitrogens with one attached hydrogen (secondary N) is 1. The summed E-state index contributed by atoms with van der Waals surface area (Å²) in [4.78, 5) is 16.7. The number of aromatic nitrogens is 2. The molecule has 6 heteroatoms. The first-order valence-electron chi connectivity index (χ1n) is 5.72. The van der Waals surface area contributed by atoms with Crippen LogP contribution >= 0.6 is 12.2 Å². The number of amides is 1. The largest absolute Gasteiger partial charge is 0.344 e. The molecule has 1 aliphatic rings. The van der Waals surface area contributed by atoms with Gasteiger partial charge in [0.15, 0.2) is 4.77 Å². The van der Waals surface area contributed by atoms with Gasteiger partial charge in [0.25, 0.3) is 0 Å². The molecule has 0 radical (unpaired) electrons. The molecule has 0 bridgehead atoms. The highest BCUT2D eigenvalue weighted by molar-refractivity contribution is 7.71. The first kappa shape index (κ1) is 11.4. The van der Waals surface area contributed by atoms with Crippen molar-refractivity contribution < 1.29 is 9.18 Å². The van der Waals surface area contributed by atoms with E-state index in [9.17, 15) is 9.18 Å². The van der Waals surface area contributed by atoms with Crippen molar-refractivity contribution in [3.8, 4) is 0 Å². The summed E-state index contributed by atoms with van der Waals surface area (Å²) >= 11 is 5.24. The number of H-pyrrole nitrogens is 1. The topological polar surface area (TPSA) is 41.0 Å². The van der Waals surface area contributed by atoms with Gasteiger partial charge in [-0.05, 0) is 36.8 Å². The van der Waals surface area contributed by atoms with Crippen LogP contribution in [0.5, 0.6) is 0 Å². The van der Waals surface area contributed by atoms with Crippen molar-refractivity contribution in [2.24, 2.45) is 0 Å². The van der Waals surface area contributed by atoms with Gasteiger partial charge >= 0.3 is 0 Å². The Bertz CT molecular complexity index is 690. The van der Waals surface area contributed by atoms with Crippen LogP contribution in [-0.2, 0) is 4.79 Å². The third-order valence-corrected chi connectivity index (χ3v) is 3.69. The molecule has 94 valence electrons. The molecule has 1 amide bonds. The number of hydrogen-bond donors (Lipinski definition) is 1. The van der Waals surface area contributed by atoms with Gasteiger partial charge in [0.2, 0.25) is 5.91 Å². The summed E-state index contributed by atoms with van der Waals surface area (Å²) in [5.74, 6) is -0.305. The van der Waals surface area contributed by atoms with Crippen molar-refractivity contribution in [2.45, 2.75) is 12.5 Å². The van der Waals surface area contributed by atoms with Crippen molar-refractivity contribution in [1.29, 1.82) is 0 Å². The van der Waals surface area contributed by atoms with E-state index in [0.29, 0.717) is 23.3 Å². The Balaban J connectivity index is 2.22. The summed E-state index contributed by atoms with van der Waals surface area (Å²) in [7, 11) is 1.77. The van der Waals surface area contributed by atoms with Crippen LogP contribution in [0.3, 0.4) is 0 Å². The lowest BCUT2D eigenvalue weighted by molar-refractivity contribution is -0.129. The summed E-state index contributed by atoms with van der Waals surface area (Å²) in [5.41, 5.74) is 1.40.